The lowest BCUT2D eigenvalue weighted by Gasteiger charge is -2.09. The summed E-state index contributed by atoms with van der Waals surface area (Å²) in [6.07, 6.45) is 10.4. The van der Waals surface area contributed by atoms with Gasteiger partial charge in [0.1, 0.15) is 16.8 Å². The predicted octanol–water partition coefficient (Wildman–Crippen LogP) is 3.40. The summed E-state index contributed by atoms with van der Waals surface area (Å²) in [5, 5.41) is 26.2. The number of piperidine rings is 1. The summed E-state index contributed by atoms with van der Waals surface area (Å²) in [5.74, 6) is -0.792. The lowest BCUT2D eigenvalue weighted by atomic mass is 10.1. The normalized spacial score (nSPS) is 13.1. The van der Waals surface area contributed by atoms with Crippen LogP contribution in [-0.4, -0.2) is 50.8 Å². The maximum absolute atomic E-state index is 14.1. The van der Waals surface area contributed by atoms with Crippen LogP contribution in [0.15, 0.2) is 52.9 Å². The second kappa shape index (κ2) is 10.9. The minimum atomic E-state index is -0.469. The fourth-order valence-corrected chi connectivity index (χ4v) is 4.52. The van der Waals surface area contributed by atoms with E-state index in [2.05, 4.69) is 37.0 Å². The third-order valence-corrected chi connectivity index (χ3v) is 6.27. The second-order valence-electron chi connectivity index (χ2n) is 7.50. The van der Waals surface area contributed by atoms with Crippen LogP contribution < -0.4 is 10.6 Å². The monoisotopic (exact) mass is 478 g/mol. The summed E-state index contributed by atoms with van der Waals surface area (Å²) >= 11 is 1.08. The van der Waals surface area contributed by atoms with Gasteiger partial charge < -0.3 is 10.6 Å². The number of nitrogens with zero attached hydrogens (tertiary/aromatic N) is 5. The number of fused-ring (bicyclic) bond motifs is 1. The molecule has 0 bridgehead atoms. The maximum Gasteiger partial charge on any atom is 0.269 e. The highest BCUT2D eigenvalue weighted by Crippen LogP contribution is 2.36. The van der Waals surface area contributed by atoms with Gasteiger partial charge in [-0.05, 0) is 44.1 Å². The fraction of sp³-hybridized carbons (Fsp3) is 0.261. The number of nitriles is 1. The highest BCUT2D eigenvalue weighted by atomic mass is 32.2. The zero-order chi connectivity index (χ0) is 23.9. The number of H-pyrrole nitrogens is 1. The number of hydrogen-bond acceptors (Lipinski definition) is 7. The summed E-state index contributed by atoms with van der Waals surface area (Å²) in [7, 11) is 1.52. The predicted molar refractivity (Wildman–Crippen MR) is 126 cm³/mol. The van der Waals surface area contributed by atoms with Gasteiger partial charge in [-0.1, -0.05) is 18.2 Å². The molecule has 5 heterocycles. The van der Waals surface area contributed by atoms with Gasteiger partial charge in [-0.15, -0.1) is 0 Å². The topological polar surface area (TPSA) is 124 Å². The third kappa shape index (κ3) is 5.08. The summed E-state index contributed by atoms with van der Waals surface area (Å²) in [4.78, 5) is 16.7. The maximum atomic E-state index is 14.1. The van der Waals surface area contributed by atoms with E-state index in [9.17, 15) is 14.4 Å². The molecule has 3 N–H and O–H groups in total. The van der Waals surface area contributed by atoms with Crippen molar-refractivity contribution in [2.24, 2.45) is 0 Å². The molecule has 0 unspecified atom stereocenters. The Morgan fingerprint density at radius 2 is 2.12 bits per heavy atom. The number of halogens is 1. The van der Waals surface area contributed by atoms with Crippen molar-refractivity contribution in [1.29, 1.82) is 5.26 Å². The van der Waals surface area contributed by atoms with Gasteiger partial charge in [0.15, 0.2) is 5.82 Å². The molecule has 1 amide bonds. The second-order valence-corrected chi connectivity index (χ2v) is 8.53. The Labute approximate surface area is 199 Å². The molecule has 0 aromatic carbocycles. The Balaban J connectivity index is 0.000000398. The molecule has 1 aliphatic rings. The van der Waals surface area contributed by atoms with Gasteiger partial charge in [-0.2, -0.15) is 15.5 Å². The molecule has 4 aromatic heterocycles. The molecule has 5 rings (SSSR count). The van der Waals surface area contributed by atoms with E-state index in [1.165, 1.54) is 74.6 Å². The van der Waals surface area contributed by atoms with E-state index in [1.54, 1.807) is 12.3 Å². The van der Waals surface area contributed by atoms with E-state index in [4.69, 9.17) is 0 Å². The lowest BCUT2D eigenvalue weighted by molar-refractivity contribution is 0.0959. The Kier molecular flexibility index (Phi) is 7.51. The molecule has 1 fully saturated rings. The van der Waals surface area contributed by atoms with Gasteiger partial charge >= 0.3 is 0 Å². The highest BCUT2D eigenvalue weighted by molar-refractivity contribution is 7.99. The van der Waals surface area contributed by atoms with Gasteiger partial charge in [0.25, 0.3) is 5.91 Å². The number of amides is 1. The van der Waals surface area contributed by atoms with E-state index in [-0.39, 0.29) is 16.6 Å². The minimum Gasteiger partial charge on any atom is -0.354 e. The standard InChI is InChI=1S/C18H12FN7OS.C5H11N/c1-21-17(27)15-12(8-23-25-15)10-5-14(28-18-13(19)3-2-4-22-18)16-11(6-20)7-24-26(16)9-10;1-2-4-6-5-3-1/h2-5,7-9H,1H3,(H,21,27)(H,23,25);6H,1-5H2. The van der Waals surface area contributed by atoms with Crippen molar-refractivity contribution < 1.29 is 9.18 Å². The Morgan fingerprint density at radius 1 is 1.29 bits per heavy atom. The number of rotatable bonds is 4. The molecular formula is C23H23FN8OS. The van der Waals surface area contributed by atoms with Crippen molar-refractivity contribution in [2.45, 2.75) is 29.2 Å². The first kappa shape index (κ1) is 23.4. The largest absolute Gasteiger partial charge is 0.354 e. The molecule has 0 spiro atoms. The van der Waals surface area contributed by atoms with E-state index < -0.39 is 5.82 Å². The number of carbonyl (C=O) groups excluding carboxylic acids is 1. The molecule has 11 heteroatoms. The van der Waals surface area contributed by atoms with Gasteiger partial charge in [-0.25, -0.2) is 13.9 Å². The molecule has 0 atom stereocenters. The molecule has 34 heavy (non-hydrogen) atoms. The molecule has 0 aliphatic carbocycles. The zero-order valence-corrected chi connectivity index (χ0v) is 19.3. The van der Waals surface area contributed by atoms with Crippen molar-refractivity contribution in [3.05, 3.63) is 60.1 Å². The van der Waals surface area contributed by atoms with Gasteiger partial charge in [0.2, 0.25) is 0 Å². The number of aromatic nitrogens is 5. The van der Waals surface area contributed by atoms with Crippen LogP contribution in [0.5, 0.6) is 0 Å². The number of pyridine rings is 2. The van der Waals surface area contributed by atoms with Crippen LogP contribution in [0.1, 0.15) is 35.3 Å². The molecule has 0 radical (unpaired) electrons. The Bertz CT molecular complexity index is 1330. The number of carbonyl (C=O) groups is 1. The third-order valence-electron chi connectivity index (χ3n) is 5.24. The van der Waals surface area contributed by atoms with Crippen molar-refractivity contribution >= 4 is 23.2 Å². The van der Waals surface area contributed by atoms with Crippen molar-refractivity contribution in [3.63, 3.8) is 0 Å². The molecule has 1 aliphatic heterocycles. The van der Waals surface area contributed by atoms with E-state index in [0.717, 1.165) is 11.8 Å². The highest BCUT2D eigenvalue weighted by Gasteiger charge is 2.19. The number of aromatic amines is 1. The van der Waals surface area contributed by atoms with Crippen LogP contribution in [0.3, 0.4) is 0 Å². The van der Waals surface area contributed by atoms with Crippen molar-refractivity contribution in [2.75, 3.05) is 20.1 Å². The van der Waals surface area contributed by atoms with E-state index >= 15 is 0 Å². The Morgan fingerprint density at radius 3 is 2.76 bits per heavy atom. The molecule has 9 nitrogen and oxygen atoms in total. The average molecular weight is 479 g/mol. The molecule has 174 valence electrons. The summed E-state index contributed by atoms with van der Waals surface area (Å²) < 4.78 is 15.7. The Hall–Kier alpha value is -3.75. The van der Waals surface area contributed by atoms with Crippen LogP contribution >= 0.6 is 11.8 Å². The smallest absolute Gasteiger partial charge is 0.269 e. The van der Waals surface area contributed by atoms with Gasteiger partial charge in [0, 0.05) is 35.5 Å². The van der Waals surface area contributed by atoms with Crippen molar-refractivity contribution in [1.82, 2.24) is 35.4 Å². The summed E-state index contributed by atoms with van der Waals surface area (Å²) in [6.45, 7) is 2.50. The fourth-order valence-electron chi connectivity index (χ4n) is 3.55. The average Bonchev–Trinajstić information content (AvgIpc) is 3.54. The van der Waals surface area contributed by atoms with Crippen LogP contribution in [0.2, 0.25) is 0 Å². The van der Waals surface area contributed by atoms with Crippen LogP contribution in [-0.2, 0) is 0 Å². The van der Waals surface area contributed by atoms with Gasteiger partial charge in [-0.3, -0.25) is 9.89 Å². The number of hydrogen-bond donors (Lipinski definition) is 3. The molecule has 1 saturated heterocycles. The zero-order valence-electron chi connectivity index (χ0n) is 18.5. The van der Waals surface area contributed by atoms with Crippen molar-refractivity contribution in [3.8, 4) is 17.2 Å². The molecule has 0 saturated carbocycles. The summed E-state index contributed by atoms with van der Waals surface area (Å²) in [6, 6.07) is 6.67. The van der Waals surface area contributed by atoms with Gasteiger partial charge in [0.05, 0.1) is 23.5 Å². The SMILES string of the molecule is C1CCNCC1.CNC(=O)c1[nH]ncc1-c1cc(Sc2ncccc2F)c2c(C#N)cnn2c1. The van der Waals surface area contributed by atoms with E-state index in [1.807, 2.05) is 0 Å². The lowest BCUT2D eigenvalue weighted by Crippen LogP contribution is -2.21. The summed E-state index contributed by atoms with van der Waals surface area (Å²) in [5.41, 5.74) is 2.36. The first-order chi connectivity index (χ1) is 16.6. The number of nitrogens with one attached hydrogen (secondary N) is 3. The molecular weight excluding hydrogens is 455 g/mol. The molecule has 4 aromatic rings. The van der Waals surface area contributed by atoms with Crippen LogP contribution in [0.25, 0.3) is 16.6 Å². The van der Waals surface area contributed by atoms with Crippen LogP contribution in [0, 0.1) is 17.1 Å². The first-order valence-electron chi connectivity index (χ1n) is 10.8. The quantitative estimate of drug-likeness (QED) is 0.411. The van der Waals surface area contributed by atoms with E-state index in [0.29, 0.717) is 27.1 Å². The first-order valence-corrected chi connectivity index (χ1v) is 11.6. The van der Waals surface area contributed by atoms with Crippen LogP contribution in [0.4, 0.5) is 4.39 Å². The minimum absolute atomic E-state index is 0.172.